The third-order valence-corrected chi connectivity index (χ3v) is 3.11. The Morgan fingerprint density at radius 1 is 1.29 bits per heavy atom. The molecule has 21 heavy (non-hydrogen) atoms. The van der Waals surface area contributed by atoms with Crippen molar-refractivity contribution in [1.82, 2.24) is 15.5 Å². The highest BCUT2D eigenvalue weighted by Gasteiger charge is 2.24. The fraction of sp³-hybridized carbons (Fsp3) is 0.400. The monoisotopic (exact) mass is 289 g/mol. The summed E-state index contributed by atoms with van der Waals surface area (Å²) in [5.74, 6) is 1.62. The van der Waals surface area contributed by atoms with Crippen molar-refractivity contribution >= 4 is 5.91 Å². The molecule has 0 aliphatic rings. The van der Waals surface area contributed by atoms with Gasteiger partial charge < -0.3 is 14.6 Å². The number of carbonyl (C=O) groups excluding carboxylic acids is 1. The van der Waals surface area contributed by atoms with Gasteiger partial charge in [-0.3, -0.25) is 4.79 Å². The normalized spacial score (nSPS) is 12.2. The highest BCUT2D eigenvalue weighted by Crippen LogP contribution is 2.21. The third kappa shape index (κ3) is 3.59. The largest absolute Gasteiger partial charge is 0.497 e. The molecule has 2 rings (SSSR count). The Morgan fingerprint density at radius 2 is 1.95 bits per heavy atom. The van der Waals surface area contributed by atoms with Gasteiger partial charge in [0.1, 0.15) is 11.8 Å². The smallest absolute Gasteiger partial charge is 0.251 e. The first-order valence-corrected chi connectivity index (χ1v) is 6.76. The minimum atomic E-state index is -0.319. The lowest BCUT2D eigenvalue weighted by molar-refractivity contribution is 0.0914. The summed E-state index contributed by atoms with van der Waals surface area (Å²) in [6, 6.07) is 6.60. The molecule has 0 bridgehead atoms. The zero-order valence-corrected chi connectivity index (χ0v) is 12.6. The number of hydrogen-bond donors (Lipinski definition) is 1. The molecule has 1 atom stereocenters. The zero-order chi connectivity index (χ0) is 15.4. The highest BCUT2D eigenvalue weighted by atomic mass is 16.5. The number of amides is 1. The van der Waals surface area contributed by atoms with Crippen molar-refractivity contribution < 1.29 is 14.1 Å². The molecule has 0 aliphatic carbocycles. The molecule has 0 spiro atoms. The predicted molar refractivity (Wildman–Crippen MR) is 77.1 cm³/mol. The Morgan fingerprint density at radius 3 is 2.43 bits per heavy atom. The Bertz CT molecular complexity index is 605. The molecule has 0 radical (unpaired) electrons. The lowest BCUT2D eigenvalue weighted by atomic mass is 10.0. The van der Waals surface area contributed by atoms with Crippen molar-refractivity contribution in [2.75, 3.05) is 7.11 Å². The number of aromatic nitrogens is 2. The van der Waals surface area contributed by atoms with Crippen LogP contribution < -0.4 is 10.1 Å². The zero-order valence-electron chi connectivity index (χ0n) is 12.6. The molecule has 0 fully saturated rings. The van der Waals surface area contributed by atoms with Gasteiger partial charge in [0.15, 0.2) is 5.82 Å². The van der Waals surface area contributed by atoms with Gasteiger partial charge in [0, 0.05) is 5.56 Å². The van der Waals surface area contributed by atoms with E-state index in [9.17, 15) is 4.79 Å². The lowest BCUT2D eigenvalue weighted by Gasteiger charge is -2.18. The van der Waals surface area contributed by atoms with Crippen LogP contribution in [0.2, 0.25) is 0 Å². The molecule has 6 heteroatoms. The van der Waals surface area contributed by atoms with E-state index in [1.165, 1.54) is 0 Å². The van der Waals surface area contributed by atoms with Gasteiger partial charge in [0.25, 0.3) is 5.91 Å². The van der Waals surface area contributed by atoms with Crippen LogP contribution in [0, 0.1) is 12.8 Å². The van der Waals surface area contributed by atoms with Crippen molar-refractivity contribution in [3.63, 3.8) is 0 Å². The minimum absolute atomic E-state index is 0.132. The van der Waals surface area contributed by atoms with Crippen LogP contribution >= 0.6 is 0 Å². The quantitative estimate of drug-likeness (QED) is 0.915. The fourth-order valence-electron chi connectivity index (χ4n) is 1.92. The first-order valence-electron chi connectivity index (χ1n) is 6.76. The van der Waals surface area contributed by atoms with E-state index in [2.05, 4.69) is 15.5 Å². The number of nitrogens with zero attached hydrogens (tertiary/aromatic N) is 2. The van der Waals surface area contributed by atoms with Gasteiger partial charge >= 0.3 is 0 Å². The molecular formula is C15H19N3O3. The molecule has 0 saturated heterocycles. The average Bonchev–Trinajstić information content (AvgIpc) is 2.90. The van der Waals surface area contributed by atoms with Gasteiger partial charge in [-0.25, -0.2) is 0 Å². The van der Waals surface area contributed by atoms with E-state index in [0.717, 1.165) is 0 Å². The molecule has 1 aromatic heterocycles. The molecule has 6 nitrogen and oxygen atoms in total. The summed E-state index contributed by atoms with van der Waals surface area (Å²) < 4.78 is 10.2. The van der Waals surface area contributed by atoms with Crippen LogP contribution in [0.5, 0.6) is 5.75 Å². The lowest BCUT2D eigenvalue weighted by Crippen LogP contribution is -2.32. The highest BCUT2D eigenvalue weighted by molar-refractivity contribution is 5.94. The second-order valence-electron chi connectivity index (χ2n) is 5.10. The number of benzene rings is 1. The van der Waals surface area contributed by atoms with Crippen LogP contribution in [-0.2, 0) is 0 Å². The maximum Gasteiger partial charge on any atom is 0.251 e. The summed E-state index contributed by atoms with van der Waals surface area (Å²) in [5.41, 5.74) is 0.553. The van der Waals surface area contributed by atoms with Crippen molar-refractivity contribution in [2.45, 2.75) is 26.8 Å². The molecule has 0 unspecified atom stereocenters. The van der Waals surface area contributed by atoms with E-state index in [-0.39, 0.29) is 17.9 Å². The standard InChI is InChI=1S/C15H19N3O3/c1-9(2)13(15-16-10(3)18-21-15)17-14(19)11-5-7-12(20-4)8-6-11/h5-9,13H,1-4H3,(H,17,19)/t13-/m0/s1. The Labute approximate surface area is 123 Å². The van der Waals surface area contributed by atoms with Crippen LogP contribution in [0.1, 0.15) is 42.0 Å². The van der Waals surface area contributed by atoms with Gasteiger partial charge in [-0.2, -0.15) is 4.98 Å². The molecule has 1 N–H and O–H groups in total. The first-order chi connectivity index (χ1) is 10.0. The van der Waals surface area contributed by atoms with Crippen molar-refractivity contribution in [2.24, 2.45) is 5.92 Å². The minimum Gasteiger partial charge on any atom is -0.497 e. The van der Waals surface area contributed by atoms with E-state index < -0.39 is 0 Å². The second-order valence-corrected chi connectivity index (χ2v) is 5.10. The summed E-state index contributed by atoms with van der Waals surface area (Å²) in [4.78, 5) is 16.5. The molecule has 0 saturated carbocycles. The summed E-state index contributed by atoms with van der Waals surface area (Å²) in [7, 11) is 1.59. The molecule has 112 valence electrons. The van der Waals surface area contributed by atoms with Crippen LogP contribution in [-0.4, -0.2) is 23.2 Å². The van der Waals surface area contributed by atoms with E-state index in [1.54, 1.807) is 38.3 Å². The Hall–Kier alpha value is -2.37. The van der Waals surface area contributed by atoms with E-state index in [4.69, 9.17) is 9.26 Å². The summed E-state index contributed by atoms with van der Waals surface area (Å²) in [6.07, 6.45) is 0. The Balaban J connectivity index is 2.14. The van der Waals surface area contributed by atoms with Gasteiger partial charge in [-0.15, -0.1) is 0 Å². The average molecular weight is 289 g/mol. The Kier molecular flexibility index (Phi) is 4.57. The van der Waals surface area contributed by atoms with Crippen LogP contribution in [0.4, 0.5) is 0 Å². The number of nitrogens with one attached hydrogen (secondary N) is 1. The van der Waals surface area contributed by atoms with Crippen LogP contribution in [0.15, 0.2) is 28.8 Å². The topological polar surface area (TPSA) is 77.2 Å². The predicted octanol–water partition coefficient (Wildman–Crippen LogP) is 2.51. The van der Waals surface area contributed by atoms with Crippen molar-refractivity contribution in [3.8, 4) is 5.75 Å². The molecule has 1 amide bonds. The van der Waals surface area contributed by atoms with E-state index in [1.807, 2.05) is 13.8 Å². The number of hydrogen-bond acceptors (Lipinski definition) is 5. The van der Waals surface area contributed by atoms with Gasteiger partial charge in [-0.1, -0.05) is 19.0 Å². The van der Waals surface area contributed by atoms with Crippen LogP contribution in [0.3, 0.4) is 0 Å². The van der Waals surface area contributed by atoms with Crippen molar-refractivity contribution in [3.05, 3.63) is 41.5 Å². The maximum atomic E-state index is 12.3. The molecule has 1 heterocycles. The summed E-state index contributed by atoms with van der Waals surface area (Å²) in [6.45, 7) is 5.71. The number of rotatable bonds is 5. The number of carbonyl (C=O) groups is 1. The number of ether oxygens (including phenoxy) is 1. The van der Waals surface area contributed by atoms with Gasteiger partial charge in [0.05, 0.1) is 7.11 Å². The molecule has 0 aliphatic heterocycles. The van der Waals surface area contributed by atoms with Gasteiger partial charge in [-0.05, 0) is 37.1 Å². The number of aryl methyl sites for hydroxylation is 1. The van der Waals surface area contributed by atoms with Crippen LogP contribution in [0.25, 0.3) is 0 Å². The molecular weight excluding hydrogens is 270 g/mol. The third-order valence-electron chi connectivity index (χ3n) is 3.11. The molecule has 1 aromatic carbocycles. The molecule has 2 aromatic rings. The van der Waals surface area contributed by atoms with E-state index >= 15 is 0 Å². The number of methoxy groups -OCH3 is 1. The fourth-order valence-corrected chi connectivity index (χ4v) is 1.92. The summed E-state index contributed by atoms with van der Waals surface area (Å²) >= 11 is 0. The van der Waals surface area contributed by atoms with E-state index in [0.29, 0.717) is 23.0 Å². The van der Waals surface area contributed by atoms with Crippen molar-refractivity contribution in [1.29, 1.82) is 0 Å². The second kappa shape index (κ2) is 6.39. The maximum absolute atomic E-state index is 12.3. The first kappa shape index (κ1) is 15.0. The van der Waals surface area contributed by atoms with Gasteiger partial charge in [0.2, 0.25) is 5.89 Å². The SMILES string of the molecule is COc1ccc(C(=O)N[C@H](c2nc(C)no2)C(C)C)cc1. The summed E-state index contributed by atoms with van der Waals surface area (Å²) in [5, 5.41) is 6.69.